The molecule has 1 aromatic rings. The highest BCUT2D eigenvalue weighted by atomic mass is 32.1. The zero-order valence-corrected chi connectivity index (χ0v) is 14.1. The minimum absolute atomic E-state index is 0.364. The van der Waals surface area contributed by atoms with E-state index in [1.54, 1.807) is 11.2 Å². The third kappa shape index (κ3) is 4.23. The van der Waals surface area contributed by atoms with Crippen LogP contribution in [0.25, 0.3) is 0 Å². The maximum atomic E-state index is 5.67. The van der Waals surface area contributed by atoms with E-state index < -0.39 is 0 Å². The molecule has 1 saturated heterocycles. The van der Waals surface area contributed by atoms with Gasteiger partial charge in [-0.2, -0.15) is 0 Å². The summed E-state index contributed by atoms with van der Waals surface area (Å²) in [6.07, 6.45) is 10.9. The molecule has 0 bridgehead atoms. The second-order valence-corrected chi connectivity index (χ2v) is 7.03. The van der Waals surface area contributed by atoms with Gasteiger partial charge in [0.15, 0.2) is 16.9 Å². The number of hydrogen-bond donors (Lipinski definition) is 3. The molecule has 0 amide bonds. The molecule has 0 unspecified atom stereocenters. The van der Waals surface area contributed by atoms with Crippen molar-refractivity contribution in [2.24, 2.45) is 0 Å². The van der Waals surface area contributed by atoms with E-state index in [1.807, 2.05) is 6.07 Å². The fourth-order valence-corrected chi connectivity index (χ4v) is 4.04. The van der Waals surface area contributed by atoms with Gasteiger partial charge in [-0.1, -0.05) is 19.3 Å². The molecule has 5 heteroatoms. The molecule has 0 aromatic carbocycles. The summed E-state index contributed by atoms with van der Waals surface area (Å²) < 4.78 is 5.67. The summed E-state index contributed by atoms with van der Waals surface area (Å²) in [5.74, 6) is 1.07. The van der Waals surface area contributed by atoms with E-state index in [9.17, 15) is 0 Å². The minimum atomic E-state index is 0.364. The van der Waals surface area contributed by atoms with Crippen LogP contribution >= 0.6 is 12.2 Å². The van der Waals surface area contributed by atoms with Crippen molar-refractivity contribution in [3.05, 3.63) is 24.2 Å². The van der Waals surface area contributed by atoms with Crippen molar-refractivity contribution in [1.29, 1.82) is 0 Å². The fourth-order valence-electron chi connectivity index (χ4n) is 3.79. The monoisotopic (exact) mass is 322 g/mol. The number of quaternary nitrogens is 1. The lowest BCUT2D eigenvalue weighted by atomic mass is 9.96. The van der Waals surface area contributed by atoms with E-state index in [0.29, 0.717) is 12.1 Å². The third-order valence-electron chi connectivity index (χ3n) is 5.03. The molecule has 2 fully saturated rings. The molecule has 22 heavy (non-hydrogen) atoms. The van der Waals surface area contributed by atoms with Crippen LogP contribution in [-0.4, -0.2) is 30.8 Å². The maximum absolute atomic E-state index is 5.67. The molecular formula is C17H28N3OS+. The SMILES string of the molecule is S=C(NC[C@H](c1ccco1)[NH+]1CCCC1)NC1CCCCC1. The maximum Gasteiger partial charge on any atom is 0.166 e. The van der Waals surface area contributed by atoms with Crippen LogP contribution in [0.1, 0.15) is 56.7 Å². The highest BCUT2D eigenvalue weighted by Crippen LogP contribution is 2.17. The number of nitrogens with one attached hydrogen (secondary N) is 3. The molecule has 1 atom stereocenters. The highest BCUT2D eigenvalue weighted by Gasteiger charge is 2.29. The Kier molecular flexibility index (Phi) is 5.73. The van der Waals surface area contributed by atoms with Crippen molar-refractivity contribution in [3.63, 3.8) is 0 Å². The molecule has 122 valence electrons. The second-order valence-electron chi connectivity index (χ2n) is 6.62. The Balaban J connectivity index is 1.51. The minimum Gasteiger partial charge on any atom is -0.463 e. The number of hydrogen-bond acceptors (Lipinski definition) is 2. The van der Waals surface area contributed by atoms with Gasteiger partial charge in [0, 0.05) is 18.9 Å². The summed E-state index contributed by atoms with van der Waals surface area (Å²) in [6, 6.07) is 5.00. The molecule has 2 heterocycles. The first-order valence-corrected chi connectivity index (χ1v) is 9.16. The molecule has 1 saturated carbocycles. The van der Waals surface area contributed by atoms with Crippen LogP contribution in [0.4, 0.5) is 0 Å². The van der Waals surface area contributed by atoms with Crippen molar-refractivity contribution < 1.29 is 9.32 Å². The van der Waals surface area contributed by atoms with Crippen LogP contribution in [0.15, 0.2) is 22.8 Å². The molecule has 2 aliphatic rings. The van der Waals surface area contributed by atoms with Gasteiger partial charge in [-0.05, 0) is 37.2 Å². The lowest BCUT2D eigenvalue weighted by molar-refractivity contribution is -0.919. The van der Waals surface area contributed by atoms with E-state index in [4.69, 9.17) is 16.6 Å². The molecule has 1 aliphatic heterocycles. The zero-order valence-electron chi connectivity index (χ0n) is 13.3. The van der Waals surface area contributed by atoms with Crippen LogP contribution in [0.3, 0.4) is 0 Å². The van der Waals surface area contributed by atoms with E-state index in [2.05, 4.69) is 16.7 Å². The quantitative estimate of drug-likeness (QED) is 0.723. The van der Waals surface area contributed by atoms with Crippen LogP contribution in [0.2, 0.25) is 0 Å². The predicted octanol–water partition coefficient (Wildman–Crippen LogP) is 1.80. The van der Waals surface area contributed by atoms with Crippen LogP contribution in [0, 0.1) is 0 Å². The Bertz CT molecular complexity index is 450. The molecule has 0 radical (unpaired) electrons. The summed E-state index contributed by atoms with van der Waals surface area (Å²) in [7, 11) is 0. The first-order valence-electron chi connectivity index (χ1n) is 8.75. The van der Waals surface area contributed by atoms with Crippen molar-refractivity contribution in [2.75, 3.05) is 19.6 Å². The van der Waals surface area contributed by atoms with Gasteiger partial charge in [-0.25, -0.2) is 0 Å². The lowest BCUT2D eigenvalue weighted by Crippen LogP contribution is -3.11. The first-order chi connectivity index (χ1) is 10.8. The van der Waals surface area contributed by atoms with Gasteiger partial charge in [0.05, 0.1) is 25.9 Å². The van der Waals surface area contributed by atoms with Crippen LogP contribution in [0.5, 0.6) is 0 Å². The molecule has 0 spiro atoms. The van der Waals surface area contributed by atoms with E-state index in [0.717, 1.165) is 17.4 Å². The largest absolute Gasteiger partial charge is 0.463 e. The van der Waals surface area contributed by atoms with Crippen LogP contribution in [-0.2, 0) is 0 Å². The van der Waals surface area contributed by atoms with E-state index >= 15 is 0 Å². The smallest absolute Gasteiger partial charge is 0.166 e. The highest BCUT2D eigenvalue weighted by molar-refractivity contribution is 7.80. The van der Waals surface area contributed by atoms with Gasteiger partial charge in [-0.3, -0.25) is 0 Å². The van der Waals surface area contributed by atoms with Gasteiger partial charge in [0.2, 0.25) is 0 Å². The molecule has 3 rings (SSSR count). The first kappa shape index (κ1) is 15.8. The van der Waals surface area contributed by atoms with Gasteiger partial charge < -0.3 is 20.0 Å². The molecule has 4 nitrogen and oxygen atoms in total. The van der Waals surface area contributed by atoms with Crippen LogP contribution < -0.4 is 15.5 Å². The zero-order chi connectivity index (χ0) is 15.2. The predicted molar refractivity (Wildman–Crippen MR) is 92.0 cm³/mol. The molecule has 3 N–H and O–H groups in total. The average Bonchev–Trinajstić information content (AvgIpc) is 3.22. The summed E-state index contributed by atoms with van der Waals surface area (Å²) in [5.41, 5.74) is 0. The van der Waals surface area contributed by atoms with Gasteiger partial charge in [0.25, 0.3) is 0 Å². The van der Waals surface area contributed by atoms with E-state index in [-0.39, 0.29) is 0 Å². The Morgan fingerprint density at radius 3 is 2.68 bits per heavy atom. The Morgan fingerprint density at radius 1 is 1.23 bits per heavy atom. The summed E-state index contributed by atoms with van der Waals surface area (Å²) in [6.45, 7) is 3.31. The molecule has 1 aliphatic carbocycles. The Hall–Kier alpha value is -1.07. The number of rotatable bonds is 5. The van der Waals surface area contributed by atoms with Crippen molar-refractivity contribution in [2.45, 2.75) is 57.0 Å². The normalized spacial score (nSPS) is 21.6. The average molecular weight is 322 g/mol. The Labute approximate surface area is 138 Å². The molecular weight excluding hydrogens is 294 g/mol. The number of likely N-dealkylation sites (tertiary alicyclic amines) is 1. The van der Waals surface area contributed by atoms with Crippen molar-refractivity contribution >= 4 is 17.3 Å². The topological polar surface area (TPSA) is 41.6 Å². The fraction of sp³-hybridized carbons (Fsp3) is 0.706. The second kappa shape index (κ2) is 7.97. The van der Waals surface area contributed by atoms with Gasteiger partial charge in [0.1, 0.15) is 0 Å². The summed E-state index contributed by atoms with van der Waals surface area (Å²) in [4.78, 5) is 1.61. The van der Waals surface area contributed by atoms with Gasteiger partial charge >= 0.3 is 0 Å². The van der Waals surface area contributed by atoms with E-state index in [1.165, 1.54) is 58.0 Å². The third-order valence-corrected chi connectivity index (χ3v) is 5.29. The van der Waals surface area contributed by atoms with Crippen molar-refractivity contribution in [1.82, 2.24) is 10.6 Å². The summed E-state index contributed by atoms with van der Waals surface area (Å²) in [5, 5.41) is 7.73. The standard InChI is InChI=1S/C17H27N3OS/c22-17(19-14-7-2-1-3-8-14)18-13-15(16-9-6-12-21-16)20-10-4-5-11-20/h6,9,12,14-15H,1-5,7-8,10-11,13H2,(H2,18,19,22)/p+1/t15-/m1/s1. The van der Waals surface area contributed by atoms with Gasteiger partial charge in [-0.15, -0.1) is 0 Å². The van der Waals surface area contributed by atoms with Crippen molar-refractivity contribution in [3.8, 4) is 0 Å². The Morgan fingerprint density at radius 2 is 2.00 bits per heavy atom. The lowest BCUT2D eigenvalue weighted by Gasteiger charge is -2.27. The molecule has 1 aromatic heterocycles. The summed E-state index contributed by atoms with van der Waals surface area (Å²) >= 11 is 5.50. The number of furan rings is 1. The number of thiocarbonyl (C=S) groups is 1.